The zero-order chi connectivity index (χ0) is 14.5. The molecule has 6 nitrogen and oxygen atoms in total. The normalized spacial score (nSPS) is 26.9. The molecule has 2 fully saturated rings. The van der Waals surface area contributed by atoms with Crippen molar-refractivity contribution >= 4 is 12.0 Å². The predicted molar refractivity (Wildman–Crippen MR) is 75.6 cm³/mol. The van der Waals surface area contributed by atoms with Crippen LogP contribution in [0.3, 0.4) is 0 Å². The fraction of sp³-hybridized carbons (Fsp3) is 0.857. The molecule has 6 heteroatoms. The molecule has 2 aliphatic rings. The lowest BCUT2D eigenvalue weighted by Crippen LogP contribution is -2.41. The molecule has 0 radical (unpaired) electrons. The molecule has 0 aromatic carbocycles. The van der Waals surface area contributed by atoms with Crippen LogP contribution < -0.4 is 5.32 Å². The third-order valence-corrected chi connectivity index (χ3v) is 4.37. The van der Waals surface area contributed by atoms with E-state index in [0.717, 1.165) is 39.0 Å². The van der Waals surface area contributed by atoms with Crippen molar-refractivity contribution in [2.75, 3.05) is 39.8 Å². The number of hydrogen-bond donors (Lipinski definition) is 2. The van der Waals surface area contributed by atoms with E-state index >= 15 is 0 Å². The number of carbonyl (C=O) groups excluding carboxylic acids is 1. The SMILES string of the molecule is CN1CCC(CNC(=O)N2CCC(CCC(=O)O)C2)C1. The van der Waals surface area contributed by atoms with Crippen LogP contribution in [0.15, 0.2) is 0 Å². The summed E-state index contributed by atoms with van der Waals surface area (Å²) in [6.45, 7) is 4.37. The average molecular weight is 283 g/mol. The zero-order valence-corrected chi connectivity index (χ0v) is 12.2. The standard InChI is InChI=1S/C14H25N3O3/c1-16-6-4-12(9-16)8-15-14(20)17-7-5-11(10-17)2-3-13(18)19/h11-12H,2-10H2,1H3,(H,15,20)(H,18,19). The van der Waals surface area contributed by atoms with Crippen molar-refractivity contribution in [2.24, 2.45) is 11.8 Å². The smallest absolute Gasteiger partial charge is 0.317 e. The van der Waals surface area contributed by atoms with Crippen LogP contribution in [0.25, 0.3) is 0 Å². The summed E-state index contributed by atoms with van der Waals surface area (Å²) in [5.41, 5.74) is 0. The van der Waals surface area contributed by atoms with Crippen LogP contribution in [0, 0.1) is 11.8 Å². The summed E-state index contributed by atoms with van der Waals surface area (Å²) in [4.78, 5) is 26.7. The maximum absolute atomic E-state index is 12.1. The summed E-state index contributed by atoms with van der Waals surface area (Å²) in [7, 11) is 2.11. The highest BCUT2D eigenvalue weighted by Gasteiger charge is 2.27. The maximum Gasteiger partial charge on any atom is 0.317 e. The van der Waals surface area contributed by atoms with Crippen LogP contribution in [0.1, 0.15) is 25.7 Å². The summed E-state index contributed by atoms with van der Waals surface area (Å²) >= 11 is 0. The molecule has 2 saturated heterocycles. The van der Waals surface area contributed by atoms with E-state index in [4.69, 9.17) is 5.11 Å². The lowest BCUT2D eigenvalue weighted by Gasteiger charge is -2.19. The largest absolute Gasteiger partial charge is 0.481 e. The average Bonchev–Trinajstić information content (AvgIpc) is 3.02. The first kappa shape index (κ1) is 15.1. The number of amides is 2. The second-order valence-electron chi connectivity index (χ2n) is 6.14. The molecule has 0 aromatic rings. The molecule has 2 rings (SSSR count). The van der Waals surface area contributed by atoms with Gasteiger partial charge in [-0.15, -0.1) is 0 Å². The van der Waals surface area contributed by atoms with Crippen molar-refractivity contribution in [1.82, 2.24) is 15.1 Å². The lowest BCUT2D eigenvalue weighted by molar-refractivity contribution is -0.137. The third kappa shape index (κ3) is 4.37. The number of aliphatic carboxylic acids is 1. The molecule has 2 amide bonds. The number of rotatable bonds is 5. The number of carboxylic acids is 1. The Morgan fingerprint density at radius 2 is 1.95 bits per heavy atom. The Labute approximate surface area is 120 Å². The van der Waals surface area contributed by atoms with Gasteiger partial charge < -0.3 is 20.2 Å². The fourth-order valence-corrected chi connectivity index (χ4v) is 3.12. The molecule has 0 aliphatic carbocycles. The highest BCUT2D eigenvalue weighted by Crippen LogP contribution is 2.21. The number of nitrogens with one attached hydrogen (secondary N) is 1. The predicted octanol–water partition coefficient (Wildman–Crippen LogP) is 0.834. The van der Waals surface area contributed by atoms with Gasteiger partial charge >= 0.3 is 12.0 Å². The summed E-state index contributed by atoms with van der Waals surface area (Å²) in [5.74, 6) is 0.155. The third-order valence-electron chi connectivity index (χ3n) is 4.37. The van der Waals surface area contributed by atoms with Crippen molar-refractivity contribution in [1.29, 1.82) is 0 Å². The number of carboxylic acid groups (broad SMARTS) is 1. The van der Waals surface area contributed by atoms with Crippen molar-refractivity contribution in [3.8, 4) is 0 Å². The number of urea groups is 1. The van der Waals surface area contributed by atoms with E-state index in [1.807, 2.05) is 4.90 Å². The van der Waals surface area contributed by atoms with Gasteiger partial charge in [-0.25, -0.2) is 4.79 Å². The Bertz CT molecular complexity index is 362. The van der Waals surface area contributed by atoms with Gasteiger partial charge in [0.05, 0.1) is 0 Å². The van der Waals surface area contributed by atoms with E-state index < -0.39 is 5.97 Å². The molecule has 0 aromatic heterocycles. The molecule has 20 heavy (non-hydrogen) atoms. The number of hydrogen-bond acceptors (Lipinski definition) is 3. The Hall–Kier alpha value is -1.30. The Morgan fingerprint density at radius 3 is 2.60 bits per heavy atom. The molecule has 2 atom stereocenters. The molecule has 0 bridgehead atoms. The minimum Gasteiger partial charge on any atom is -0.481 e. The quantitative estimate of drug-likeness (QED) is 0.784. The maximum atomic E-state index is 12.1. The molecule has 2 unspecified atom stereocenters. The Kier molecular flexibility index (Phi) is 5.23. The van der Waals surface area contributed by atoms with Gasteiger partial charge in [-0.1, -0.05) is 0 Å². The molecule has 2 N–H and O–H groups in total. The van der Waals surface area contributed by atoms with Gasteiger partial charge in [-0.3, -0.25) is 4.79 Å². The van der Waals surface area contributed by atoms with Crippen molar-refractivity contribution in [2.45, 2.75) is 25.7 Å². The first-order chi connectivity index (χ1) is 9.54. The minimum absolute atomic E-state index is 0.0115. The van der Waals surface area contributed by atoms with Crippen molar-refractivity contribution < 1.29 is 14.7 Å². The lowest BCUT2D eigenvalue weighted by atomic mass is 10.0. The highest BCUT2D eigenvalue weighted by atomic mass is 16.4. The van der Waals surface area contributed by atoms with Gasteiger partial charge in [0.2, 0.25) is 0 Å². The highest BCUT2D eigenvalue weighted by molar-refractivity contribution is 5.74. The molecule has 2 aliphatic heterocycles. The number of nitrogens with zero attached hydrogens (tertiary/aromatic N) is 2. The van der Waals surface area contributed by atoms with E-state index in [2.05, 4.69) is 17.3 Å². The van der Waals surface area contributed by atoms with E-state index in [1.54, 1.807) is 0 Å². The van der Waals surface area contributed by atoms with Crippen LogP contribution in [0.4, 0.5) is 4.79 Å². The van der Waals surface area contributed by atoms with E-state index in [1.165, 1.54) is 0 Å². The molecular formula is C14H25N3O3. The molecule has 0 spiro atoms. The summed E-state index contributed by atoms with van der Waals surface area (Å²) < 4.78 is 0. The number of carbonyl (C=O) groups is 2. The molecule has 0 saturated carbocycles. The summed E-state index contributed by atoms with van der Waals surface area (Å²) in [6.07, 6.45) is 2.95. The first-order valence-electron chi connectivity index (χ1n) is 7.47. The summed E-state index contributed by atoms with van der Waals surface area (Å²) in [6, 6.07) is 0.0115. The monoisotopic (exact) mass is 283 g/mol. The van der Waals surface area contributed by atoms with Gasteiger partial charge in [0.1, 0.15) is 0 Å². The zero-order valence-electron chi connectivity index (χ0n) is 12.2. The second-order valence-corrected chi connectivity index (χ2v) is 6.14. The van der Waals surface area contributed by atoms with Gasteiger partial charge in [0.15, 0.2) is 0 Å². The Balaban J connectivity index is 1.65. The van der Waals surface area contributed by atoms with Gasteiger partial charge in [-0.05, 0) is 44.7 Å². The number of likely N-dealkylation sites (tertiary alicyclic amines) is 2. The molecule has 114 valence electrons. The second kappa shape index (κ2) is 6.92. The molecule has 2 heterocycles. The minimum atomic E-state index is -0.752. The topological polar surface area (TPSA) is 72.9 Å². The van der Waals surface area contributed by atoms with Gasteiger partial charge in [-0.2, -0.15) is 0 Å². The van der Waals surface area contributed by atoms with E-state index in [9.17, 15) is 9.59 Å². The van der Waals surface area contributed by atoms with Crippen molar-refractivity contribution in [3.63, 3.8) is 0 Å². The van der Waals surface area contributed by atoms with Crippen LogP contribution in [0.2, 0.25) is 0 Å². The van der Waals surface area contributed by atoms with Crippen LogP contribution >= 0.6 is 0 Å². The summed E-state index contributed by atoms with van der Waals surface area (Å²) in [5, 5.41) is 11.7. The van der Waals surface area contributed by atoms with E-state index in [-0.39, 0.29) is 12.5 Å². The van der Waals surface area contributed by atoms with Crippen LogP contribution in [-0.2, 0) is 4.79 Å². The van der Waals surface area contributed by atoms with Gasteiger partial charge in [0.25, 0.3) is 0 Å². The van der Waals surface area contributed by atoms with E-state index in [0.29, 0.717) is 24.8 Å². The Morgan fingerprint density at radius 1 is 1.20 bits per heavy atom. The van der Waals surface area contributed by atoms with Crippen LogP contribution in [0.5, 0.6) is 0 Å². The first-order valence-corrected chi connectivity index (χ1v) is 7.47. The van der Waals surface area contributed by atoms with Crippen molar-refractivity contribution in [3.05, 3.63) is 0 Å². The van der Waals surface area contributed by atoms with Crippen LogP contribution in [-0.4, -0.2) is 66.7 Å². The molecular weight excluding hydrogens is 258 g/mol. The van der Waals surface area contributed by atoms with Gasteiger partial charge in [0, 0.05) is 32.6 Å². The fourth-order valence-electron chi connectivity index (χ4n) is 3.12.